The van der Waals surface area contributed by atoms with Crippen LogP contribution in [0.5, 0.6) is 0 Å². The van der Waals surface area contributed by atoms with Gasteiger partial charge in [0.25, 0.3) is 11.8 Å². The number of carbonyl (C=O) groups excluding carboxylic acids is 4. The zero-order valence-corrected chi connectivity index (χ0v) is 26.1. The van der Waals surface area contributed by atoms with Crippen molar-refractivity contribution in [3.8, 4) is 0 Å². The smallest absolute Gasteiger partial charge is 0.356 e. The van der Waals surface area contributed by atoms with Crippen LogP contribution in [0.4, 0.5) is 0 Å². The molecule has 0 radical (unpaired) electrons. The van der Waals surface area contributed by atoms with Gasteiger partial charge in [-0.15, -0.1) is 11.8 Å². The number of rotatable bonds is 12. The van der Waals surface area contributed by atoms with E-state index >= 15 is 0 Å². The number of fused-ring (bicyclic) bond motifs is 1. The Hall–Kier alpha value is -4.67. The third-order valence-electron chi connectivity index (χ3n) is 7.65. The first kappa shape index (κ1) is 31.7. The molecule has 9 nitrogen and oxygen atoms in total. The van der Waals surface area contributed by atoms with E-state index in [1.54, 1.807) is 0 Å². The van der Waals surface area contributed by atoms with E-state index in [1.165, 1.54) is 16.7 Å². The Bertz CT molecular complexity index is 1570. The summed E-state index contributed by atoms with van der Waals surface area (Å²) in [5, 5.41) is 2.42. The van der Waals surface area contributed by atoms with Crippen LogP contribution in [0, 0.1) is 0 Å². The predicted octanol–water partition coefficient (Wildman–Crippen LogP) is 3.33. The number of ether oxygens (including phenoxy) is 1. The fraction of sp³-hybridized carbons (Fsp3) is 0.257. The van der Waals surface area contributed by atoms with Crippen molar-refractivity contribution in [1.29, 1.82) is 0 Å². The highest BCUT2D eigenvalue weighted by molar-refractivity contribution is 8.00. The lowest BCUT2D eigenvalue weighted by atomic mass is 10.00. The molecule has 2 aliphatic rings. The molecule has 0 saturated carbocycles. The number of amides is 3. The van der Waals surface area contributed by atoms with Gasteiger partial charge in [-0.2, -0.15) is 0 Å². The highest BCUT2D eigenvalue weighted by atomic mass is 32.2. The van der Waals surface area contributed by atoms with Crippen LogP contribution in [-0.4, -0.2) is 77.4 Å². The summed E-state index contributed by atoms with van der Waals surface area (Å²) >= 11 is 1.48. The second kappa shape index (κ2) is 14.0. The van der Waals surface area contributed by atoms with E-state index < -0.39 is 29.4 Å². The number of hydrogen-bond acceptors (Lipinski definition) is 6. The Labute approximate surface area is 267 Å². The summed E-state index contributed by atoms with van der Waals surface area (Å²) in [7, 11) is 3.77. The molecule has 0 aromatic heterocycles. The molecule has 2 heterocycles. The van der Waals surface area contributed by atoms with Crippen LogP contribution in [0.25, 0.3) is 0 Å². The average molecular weight is 626 g/mol. The number of carbonyl (C=O) groups is 4. The summed E-state index contributed by atoms with van der Waals surface area (Å²) in [6.07, 6.45) is 3.14. The lowest BCUT2D eigenvalue weighted by molar-refractivity contribution is -0.876. The fourth-order valence-electron chi connectivity index (χ4n) is 5.48. The Kier molecular flexibility index (Phi) is 9.85. The van der Waals surface area contributed by atoms with E-state index in [2.05, 4.69) is 5.32 Å². The van der Waals surface area contributed by atoms with Crippen LogP contribution in [0.2, 0.25) is 0 Å². The first-order valence-corrected chi connectivity index (χ1v) is 15.8. The van der Waals surface area contributed by atoms with Gasteiger partial charge in [-0.3, -0.25) is 19.3 Å². The third kappa shape index (κ3) is 7.71. The molecule has 2 aliphatic heterocycles. The normalized spacial score (nSPS) is 18.0. The molecule has 0 aliphatic carbocycles. The number of primary amides is 1. The van der Waals surface area contributed by atoms with Crippen molar-refractivity contribution in [3.63, 3.8) is 0 Å². The Morgan fingerprint density at radius 3 is 2.13 bits per heavy atom. The molecule has 45 heavy (non-hydrogen) atoms. The largest absolute Gasteiger partial charge is 0.448 e. The molecule has 10 heteroatoms. The molecule has 1 fully saturated rings. The van der Waals surface area contributed by atoms with E-state index in [9.17, 15) is 19.2 Å². The van der Waals surface area contributed by atoms with Gasteiger partial charge in [0, 0.05) is 5.75 Å². The summed E-state index contributed by atoms with van der Waals surface area (Å²) in [5.41, 5.74) is 8.64. The number of nitrogens with two attached hydrogens (primary N) is 1. The van der Waals surface area contributed by atoms with Gasteiger partial charge in [-0.25, -0.2) is 4.79 Å². The molecule has 3 N–H and O–H groups in total. The number of esters is 1. The number of benzene rings is 3. The van der Waals surface area contributed by atoms with Crippen molar-refractivity contribution >= 4 is 35.5 Å². The highest BCUT2D eigenvalue weighted by Gasteiger charge is 2.54. The minimum Gasteiger partial charge on any atom is -0.448 e. The number of nitrogens with zero attached hydrogens (tertiary/aromatic N) is 2. The predicted molar refractivity (Wildman–Crippen MR) is 173 cm³/mol. The van der Waals surface area contributed by atoms with Crippen LogP contribution in [0.15, 0.2) is 114 Å². The van der Waals surface area contributed by atoms with Crippen LogP contribution >= 0.6 is 11.8 Å². The van der Waals surface area contributed by atoms with Gasteiger partial charge in [0.15, 0.2) is 12.6 Å². The Balaban J connectivity index is 1.42. The molecular weight excluding hydrogens is 588 g/mol. The van der Waals surface area contributed by atoms with E-state index in [0.717, 1.165) is 16.7 Å². The highest BCUT2D eigenvalue weighted by Crippen LogP contribution is 2.42. The molecule has 232 valence electrons. The summed E-state index contributed by atoms with van der Waals surface area (Å²) in [5.74, 6) is -1.25. The van der Waals surface area contributed by atoms with Crippen LogP contribution in [-0.2, 0) is 30.3 Å². The first-order valence-electron chi connectivity index (χ1n) is 14.7. The average Bonchev–Trinajstić information content (AvgIpc) is 3.02. The first-order chi connectivity index (χ1) is 21.6. The number of thioether (sulfide) groups is 1. The summed E-state index contributed by atoms with van der Waals surface area (Å²) in [6.45, 7) is 0.631. The zero-order valence-electron chi connectivity index (χ0n) is 25.3. The third-order valence-corrected chi connectivity index (χ3v) is 8.95. The lowest BCUT2D eigenvalue weighted by Crippen LogP contribution is -2.70. The van der Waals surface area contributed by atoms with Gasteiger partial charge in [0.2, 0.25) is 5.91 Å². The number of β-lactam (4-membered cyclic amide) rings is 1. The Morgan fingerprint density at radius 2 is 1.56 bits per heavy atom. The van der Waals surface area contributed by atoms with Gasteiger partial charge in [0.1, 0.15) is 17.1 Å². The van der Waals surface area contributed by atoms with Crippen LogP contribution in [0.1, 0.15) is 22.8 Å². The fourth-order valence-corrected chi connectivity index (χ4v) is 6.80. The quantitative estimate of drug-likeness (QED) is 0.181. The van der Waals surface area contributed by atoms with Gasteiger partial charge in [-0.1, -0.05) is 97.1 Å². The van der Waals surface area contributed by atoms with Crippen molar-refractivity contribution in [1.82, 2.24) is 10.2 Å². The lowest BCUT2D eigenvalue weighted by Gasteiger charge is -2.49. The summed E-state index contributed by atoms with van der Waals surface area (Å²) in [4.78, 5) is 53.5. The van der Waals surface area contributed by atoms with Gasteiger partial charge >= 0.3 is 5.97 Å². The molecule has 0 bridgehead atoms. The van der Waals surface area contributed by atoms with Crippen LogP contribution in [0.3, 0.4) is 0 Å². The van der Waals surface area contributed by atoms with Crippen molar-refractivity contribution in [2.75, 3.05) is 32.9 Å². The van der Waals surface area contributed by atoms with E-state index in [-0.39, 0.29) is 30.5 Å². The summed E-state index contributed by atoms with van der Waals surface area (Å²) < 4.78 is 6.53. The topological polar surface area (TPSA) is 119 Å². The minimum absolute atomic E-state index is 0.149. The molecular formula is C35H37N4O5S+. The number of likely N-dealkylation sites (N-methyl/N-ethyl adjacent to an activating group) is 1. The molecule has 0 spiro atoms. The zero-order chi connectivity index (χ0) is 32.0. The van der Waals surface area contributed by atoms with E-state index in [1.807, 2.05) is 117 Å². The molecule has 3 amide bonds. The maximum Gasteiger partial charge on any atom is 0.356 e. The van der Waals surface area contributed by atoms with Crippen molar-refractivity contribution < 1.29 is 28.4 Å². The van der Waals surface area contributed by atoms with Crippen molar-refractivity contribution in [2.24, 2.45) is 5.73 Å². The number of hydrogen-bond donors (Lipinski definition) is 2. The SMILES string of the molecule is C[N+](C)(C/C=C/C1=C(C(=O)OC(c2ccccc2)c2ccccc2)N2C(=O)[C@@H](NC(=O)Cc3ccccc3)[C@@H]2SC1)CC(N)=O. The Morgan fingerprint density at radius 1 is 0.978 bits per heavy atom. The maximum atomic E-state index is 14.1. The summed E-state index contributed by atoms with van der Waals surface area (Å²) in [6, 6.07) is 27.5. The van der Waals surface area contributed by atoms with Crippen molar-refractivity contribution in [3.05, 3.63) is 131 Å². The minimum atomic E-state index is -0.759. The number of quaternary nitrogens is 1. The van der Waals surface area contributed by atoms with Crippen LogP contribution < -0.4 is 11.1 Å². The number of allylic oxidation sites excluding steroid dienone is 1. The van der Waals surface area contributed by atoms with Gasteiger partial charge in [0.05, 0.1) is 27.1 Å². The standard InChI is InChI=1S/C35H36N4O5S/c1-39(2,22-28(36)40)20-12-19-27-23-45-34-30(37-29(41)21-24-13-6-3-7-14-24)33(42)38(34)31(27)35(43)44-32(25-15-8-4-9-16-25)26-17-10-5-11-18-26/h3-19,30,32,34H,20-23H2,1-2H3,(H2-,36,37,40,41)/p+1/b19-12+/t30-,34+/m1/s1. The van der Waals surface area contributed by atoms with Gasteiger partial charge < -0.3 is 20.3 Å². The molecule has 3 aromatic rings. The maximum absolute atomic E-state index is 14.1. The molecule has 2 atom stereocenters. The second-order valence-electron chi connectivity index (χ2n) is 11.7. The molecule has 1 saturated heterocycles. The van der Waals surface area contributed by atoms with E-state index in [4.69, 9.17) is 10.5 Å². The van der Waals surface area contributed by atoms with E-state index in [0.29, 0.717) is 22.4 Å². The monoisotopic (exact) mass is 625 g/mol. The molecule has 5 rings (SSSR count). The molecule has 0 unspecified atom stereocenters. The van der Waals surface area contributed by atoms with Gasteiger partial charge in [-0.05, 0) is 28.3 Å². The molecule has 3 aromatic carbocycles. The number of nitrogens with one attached hydrogen (secondary N) is 1. The van der Waals surface area contributed by atoms with Crippen molar-refractivity contribution in [2.45, 2.75) is 23.9 Å². The second-order valence-corrected chi connectivity index (χ2v) is 12.8.